The molecular formula is C15H27NO2. The van der Waals surface area contributed by atoms with E-state index in [0.29, 0.717) is 12.0 Å². The monoisotopic (exact) mass is 253 g/mol. The standard InChI is InChI=1S/C15H27NO2/c1-15(2,3)11-7-4-5-8-12(11)16-14(17)13-9-6-10-18-13/h11-13H,4-10H2,1-3H3,(H,16,17)/t11-,12-,13+/m1/s1. The largest absolute Gasteiger partial charge is 0.368 e. The Morgan fingerprint density at radius 1 is 1.11 bits per heavy atom. The summed E-state index contributed by atoms with van der Waals surface area (Å²) in [5.41, 5.74) is 0.273. The van der Waals surface area contributed by atoms with E-state index in [2.05, 4.69) is 26.1 Å². The molecule has 0 bridgehead atoms. The van der Waals surface area contributed by atoms with Crippen LogP contribution in [0, 0.1) is 11.3 Å². The Balaban J connectivity index is 1.94. The van der Waals surface area contributed by atoms with Gasteiger partial charge in [-0.15, -0.1) is 0 Å². The Morgan fingerprint density at radius 3 is 2.44 bits per heavy atom. The van der Waals surface area contributed by atoms with Crippen LogP contribution >= 0.6 is 0 Å². The van der Waals surface area contributed by atoms with Crippen LogP contribution in [0.5, 0.6) is 0 Å². The lowest BCUT2D eigenvalue weighted by Gasteiger charge is -2.41. The average Bonchev–Trinajstić information content (AvgIpc) is 2.81. The molecule has 1 saturated carbocycles. The molecule has 3 heteroatoms. The zero-order valence-corrected chi connectivity index (χ0v) is 12.0. The smallest absolute Gasteiger partial charge is 0.249 e. The summed E-state index contributed by atoms with van der Waals surface area (Å²) in [5.74, 6) is 0.713. The first-order valence-electron chi connectivity index (χ1n) is 7.40. The van der Waals surface area contributed by atoms with E-state index < -0.39 is 0 Å². The van der Waals surface area contributed by atoms with Crippen LogP contribution in [0.1, 0.15) is 59.3 Å². The second-order valence-corrected chi connectivity index (χ2v) is 6.87. The molecule has 0 radical (unpaired) electrons. The summed E-state index contributed by atoms with van der Waals surface area (Å²) in [7, 11) is 0. The predicted octanol–water partition coefficient (Wildman–Crippen LogP) is 2.89. The molecule has 0 aromatic carbocycles. The van der Waals surface area contributed by atoms with Crippen LogP contribution < -0.4 is 5.32 Å². The van der Waals surface area contributed by atoms with E-state index in [1.54, 1.807) is 0 Å². The molecule has 2 fully saturated rings. The van der Waals surface area contributed by atoms with E-state index in [0.717, 1.165) is 25.9 Å². The SMILES string of the molecule is CC(C)(C)[C@@H]1CCCC[C@H]1NC(=O)[C@@H]1CCCO1. The number of carbonyl (C=O) groups excluding carboxylic acids is 1. The lowest BCUT2D eigenvalue weighted by Crippen LogP contribution is -2.49. The van der Waals surface area contributed by atoms with Crippen molar-refractivity contribution >= 4 is 5.91 Å². The van der Waals surface area contributed by atoms with Gasteiger partial charge in [-0.2, -0.15) is 0 Å². The van der Waals surface area contributed by atoms with Crippen molar-refractivity contribution in [2.75, 3.05) is 6.61 Å². The van der Waals surface area contributed by atoms with Gasteiger partial charge in [0.2, 0.25) is 5.91 Å². The Morgan fingerprint density at radius 2 is 1.83 bits per heavy atom. The van der Waals surface area contributed by atoms with Crippen molar-refractivity contribution in [1.82, 2.24) is 5.32 Å². The summed E-state index contributed by atoms with van der Waals surface area (Å²) >= 11 is 0. The molecule has 0 unspecified atom stereocenters. The first-order chi connectivity index (χ1) is 8.48. The van der Waals surface area contributed by atoms with Crippen molar-refractivity contribution in [2.24, 2.45) is 11.3 Å². The first-order valence-corrected chi connectivity index (χ1v) is 7.40. The molecule has 1 aliphatic carbocycles. The second kappa shape index (κ2) is 5.60. The van der Waals surface area contributed by atoms with E-state index in [-0.39, 0.29) is 17.4 Å². The highest BCUT2D eigenvalue weighted by Gasteiger charge is 2.36. The fraction of sp³-hybridized carbons (Fsp3) is 0.933. The lowest BCUT2D eigenvalue weighted by atomic mass is 9.69. The van der Waals surface area contributed by atoms with Gasteiger partial charge >= 0.3 is 0 Å². The van der Waals surface area contributed by atoms with Crippen LogP contribution in [-0.4, -0.2) is 24.7 Å². The van der Waals surface area contributed by atoms with Gasteiger partial charge in [0.15, 0.2) is 0 Å². The third-order valence-electron chi connectivity index (χ3n) is 4.43. The number of hydrogen-bond donors (Lipinski definition) is 1. The second-order valence-electron chi connectivity index (χ2n) is 6.87. The quantitative estimate of drug-likeness (QED) is 0.821. The molecule has 18 heavy (non-hydrogen) atoms. The normalized spacial score (nSPS) is 33.4. The Kier molecular flexibility index (Phi) is 4.31. The van der Waals surface area contributed by atoms with Crippen LogP contribution in [0.2, 0.25) is 0 Å². The zero-order chi connectivity index (χ0) is 13.2. The number of carbonyl (C=O) groups is 1. The zero-order valence-electron chi connectivity index (χ0n) is 12.0. The molecule has 3 nitrogen and oxygen atoms in total. The molecule has 0 spiro atoms. The Bertz CT molecular complexity index is 289. The molecule has 1 aliphatic heterocycles. The molecule has 2 aliphatic rings. The van der Waals surface area contributed by atoms with Gasteiger partial charge in [0.05, 0.1) is 0 Å². The Labute approximate surface area is 111 Å². The molecule has 0 aromatic rings. The maximum Gasteiger partial charge on any atom is 0.249 e. The van der Waals surface area contributed by atoms with Crippen LogP contribution in [0.4, 0.5) is 0 Å². The highest BCUT2D eigenvalue weighted by Crippen LogP contribution is 2.38. The summed E-state index contributed by atoms with van der Waals surface area (Å²) in [6.07, 6.45) is 6.62. The van der Waals surface area contributed by atoms with Crippen molar-refractivity contribution < 1.29 is 9.53 Å². The Hall–Kier alpha value is -0.570. The predicted molar refractivity (Wildman–Crippen MR) is 72.3 cm³/mol. The lowest BCUT2D eigenvalue weighted by molar-refractivity contribution is -0.131. The highest BCUT2D eigenvalue weighted by atomic mass is 16.5. The number of hydrogen-bond acceptors (Lipinski definition) is 2. The van der Waals surface area contributed by atoms with Crippen LogP contribution in [0.3, 0.4) is 0 Å². The number of amides is 1. The summed E-state index contributed by atoms with van der Waals surface area (Å²) in [5, 5.41) is 3.25. The maximum atomic E-state index is 12.1. The van der Waals surface area contributed by atoms with E-state index in [4.69, 9.17) is 4.74 Å². The van der Waals surface area contributed by atoms with Crippen molar-refractivity contribution in [1.29, 1.82) is 0 Å². The van der Waals surface area contributed by atoms with Gasteiger partial charge in [-0.3, -0.25) is 4.79 Å². The molecule has 0 aromatic heterocycles. The molecule has 2 rings (SSSR count). The molecule has 1 amide bonds. The molecular weight excluding hydrogens is 226 g/mol. The minimum Gasteiger partial charge on any atom is -0.368 e. The van der Waals surface area contributed by atoms with Gasteiger partial charge in [0, 0.05) is 12.6 Å². The van der Waals surface area contributed by atoms with Gasteiger partial charge in [-0.25, -0.2) is 0 Å². The number of rotatable bonds is 2. The average molecular weight is 253 g/mol. The molecule has 1 saturated heterocycles. The number of ether oxygens (including phenoxy) is 1. The molecule has 1 heterocycles. The molecule has 104 valence electrons. The van der Waals surface area contributed by atoms with E-state index >= 15 is 0 Å². The van der Waals surface area contributed by atoms with Gasteiger partial charge in [-0.05, 0) is 37.0 Å². The fourth-order valence-electron chi connectivity index (χ4n) is 3.40. The molecule has 1 N–H and O–H groups in total. The van der Waals surface area contributed by atoms with Crippen LogP contribution in [0.15, 0.2) is 0 Å². The topological polar surface area (TPSA) is 38.3 Å². The minimum atomic E-state index is -0.187. The maximum absolute atomic E-state index is 12.1. The van der Waals surface area contributed by atoms with E-state index in [1.807, 2.05) is 0 Å². The van der Waals surface area contributed by atoms with E-state index in [1.165, 1.54) is 19.3 Å². The summed E-state index contributed by atoms with van der Waals surface area (Å²) in [6.45, 7) is 7.60. The van der Waals surface area contributed by atoms with Crippen LogP contribution in [0.25, 0.3) is 0 Å². The summed E-state index contributed by atoms with van der Waals surface area (Å²) < 4.78 is 5.47. The van der Waals surface area contributed by atoms with Gasteiger partial charge in [0.1, 0.15) is 6.10 Å². The van der Waals surface area contributed by atoms with Crippen molar-refractivity contribution in [3.63, 3.8) is 0 Å². The van der Waals surface area contributed by atoms with Crippen molar-refractivity contribution in [3.05, 3.63) is 0 Å². The summed E-state index contributed by atoms with van der Waals surface area (Å²) in [6, 6.07) is 0.343. The van der Waals surface area contributed by atoms with Gasteiger partial charge in [-0.1, -0.05) is 33.6 Å². The van der Waals surface area contributed by atoms with Crippen molar-refractivity contribution in [3.8, 4) is 0 Å². The van der Waals surface area contributed by atoms with Crippen LogP contribution in [-0.2, 0) is 9.53 Å². The third-order valence-corrected chi connectivity index (χ3v) is 4.43. The van der Waals surface area contributed by atoms with Crippen molar-refractivity contribution in [2.45, 2.75) is 71.4 Å². The third kappa shape index (κ3) is 3.25. The molecule has 3 atom stereocenters. The fourth-order valence-corrected chi connectivity index (χ4v) is 3.40. The summed E-state index contributed by atoms with van der Waals surface area (Å²) in [4.78, 5) is 12.1. The first kappa shape index (κ1) is 13.9. The highest BCUT2D eigenvalue weighted by molar-refractivity contribution is 5.81. The number of nitrogens with one attached hydrogen (secondary N) is 1. The van der Waals surface area contributed by atoms with Gasteiger partial charge < -0.3 is 10.1 Å². The van der Waals surface area contributed by atoms with Gasteiger partial charge in [0.25, 0.3) is 0 Å². The van der Waals surface area contributed by atoms with E-state index in [9.17, 15) is 4.79 Å². The minimum absolute atomic E-state index is 0.119.